The number of rotatable bonds is 2. The van der Waals surface area contributed by atoms with Crippen molar-refractivity contribution in [2.24, 2.45) is 16.8 Å². The van der Waals surface area contributed by atoms with Gasteiger partial charge in [0.15, 0.2) is 17.5 Å². The Morgan fingerprint density at radius 2 is 2.00 bits per heavy atom. The molecule has 2 aliphatic rings. The summed E-state index contributed by atoms with van der Waals surface area (Å²) in [7, 11) is 0. The first-order valence-electron chi connectivity index (χ1n) is 5.83. The number of fused-ring (bicyclic) bond motifs is 1. The molecule has 1 heterocycles. The Balaban J connectivity index is 2.21. The molecule has 0 amide bonds. The number of halogens is 2. The summed E-state index contributed by atoms with van der Waals surface area (Å²) in [5.74, 6) is -5.48. The number of hydrogen-bond donors (Lipinski definition) is 1. The van der Waals surface area contributed by atoms with Crippen LogP contribution < -0.4 is 0 Å². The van der Waals surface area contributed by atoms with Crippen LogP contribution in [0.5, 0.6) is 0 Å². The summed E-state index contributed by atoms with van der Waals surface area (Å²) in [6, 6.07) is 1.48. The number of hydrogen-bond acceptors (Lipinski definition) is 3. The standard InChI is InChI=1S/C13H9F2NO3/c14-6-3-7-11(8(15)4-6)16-10(5-1-2-5)9(12(7)17)13(18)19/h3-5,9H,1-2H2,(H,18,19). The van der Waals surface area contributed by atoms with Crippen molar-refractivity contribution in [2.45, 2.75) is 12.8 Å². The Labute approximate surface area is 106 Å². The molecule has 0 spiro atoms. The monoisotopic (exact) mass is 265 g/mol. The third kappa shape index (κ3) is 1.83. The summed E-state index contributed by atoms with van der Waals surface area (Å²) < 4.78 is 26.8. The Morgan fingerprint density at radius 3 is 2.58 bits per heavy atom. The maximum Gasteiger partial charge on any atom is 0.320 e. The van der Waals surface area contributed by atoms with Crippen molar-refractivity contribution in [3.05, 3.63) is 29.3 Å². The quantitative estimate of drug-likeness (QED) is 0.834. The fourth-order valence-electron chi connectivity index (χ4n) is 2.30. The van der Waals surface area contributed by atoms with E-state index in [0.717, 1.165) is 18.9 Å². The van der Waals surface area contributed by atoms with Crippen molar-refractivity contribution in [3.63, 3.8) is 0 Å². The highest BCUT2D eigenvalue weighted by atomic mass is 19.1. The van der Waals surface area contributed by atoms with Gasteiger partial charge in [-0.2, -0.15) is 0 Å². The lowest BCUT2D eigenvalue weighted by molar-refractivity contribution is -0.138. The van der Waals surface area contributed by atoms with Crippen LogP contribution in [0.2, 0.25) is 0 Å². The molecule has 0 bridgehead atoms. The van der Waals surface area contributed by atoms with E-state index < -0.39 is 29.3 Å². The Hall–Kier alpha value is -2.11. The van der Waals surface area contributed by atoms with E-state index in [2.05, 4.69) is 4.99 Å². The van der Waals surface area contributed by atoms with Crippen molar-refractivity contribution in [2.75, 3.05) is 0 Å². The van der Waals surface area contributed by atoms with E-state index >= 15 is 0 Å². The van der Waals surface area contributed by atoms with Crippen molar-refractivity contribution in [1.29, 1.82) is 0 Å². The molecule has 0 aromatic heterocycles. The molecule has 1 aromatic rings. The van der Waals surface area contributed by atoms with Gasteiger partial charge in [-0.15, -0.1) is 0 Å². The van der Waals surface area contributed by atoms with Crippen LogP contribution >= 0.6 is 0 Å². The molecule has 6 heteroatoms. The van der Waals surface area contributed by atoms with E-state index in [1.165, 1.54) is 0 Å². The summed E-state index contributed by atoms with van der Waals surface area (Å²) in [4.78, 5) is 27.3. The lowest BCUT2D eigenvalue weighted by Crippen LogP contribution is -2.35. The first kappa shape index (κ1) is 12.0. The third-order valence-corrected chi connectivity index (χ3v) is 3.34. The zero-order valence-electron chi connectivity index (χ0n) is 9.69. The van der Waals surface area contributed by atoms with Crippen LogP contribution in [0, 0.1) is 23.5 Å². The van der Waals surface area contributed by atoms with Crippen LogP contribution in [0.3, 0.4) is 0 Å². The Kier molecular flexibility index (Phi) is 2.48. The summed E-state index contributed by atoms with van der Waals surface area (Å²) in [5.41, 5.74) is -0.351. The maximum atomic E-state index is 13.6. The lowest BCUT2D eigenvalue weighted by atomic mass is 9.87. The van der Waals surface area contributed by atoms with E-state index in [1.54, 1.807) is 0 Å². The van der Waals surface area contributed by atoms with Crippen LogP contribution in [0.25, 0.3) is 0 Å². The second kappa shape index (κ2) is 3.94. The predicted molar refractivity (Wildman–Crippen MR) is 61.6 cm³/mol. The van der Waals surface area contributed by atoms with E-state index in [9.17, 15) is 18.4 Å². The average Bonchev–Trinajstić information content (AvgIpc) is 3.13. The minimum atomic E-state index is -1.42. The van der Waals surface area contributed by atoms with Gasteiger partial charge < -0.3 is 5.11 Å². The number of carboxylic acids is 1. The second-order valence-corrected chi connectivity index (χ2v) is 4.73. The van der Waals surface area contributed by atoms with Crippen LogP contribution in [-0.2, 0) is 4.79 Å². The smallest absolute Gasteiger partial charge is 0.320 e. The molecule has 1 fully saturated rings. The summed E-state index contributed by atoms with van der Waals surface area (Å²) in [6.07, 6.45) is 1.49. The highest BCUT2D eigenvalue weighted by Crippen LogP contribution is 2.40. The van der Waals surface area contributed by atoms with Gasteiger partial charge in [0.1, 0.15) is 11.5 Å². The summed E-state index contributed by atoms with van der Waals surface area (Å²) >= 11 is 0. The fourth-order valence-corrected chi connectivity index (χ4v) is 2.30. The molecule has 98 valence electrons. The number of carboxylic acid groups (broad SMARTS) is 1. The maximum absolute atomic E-state index is 13.6. The van der Waals surface area contributed by atoms with Gasteiger partial charge in [-0.25, -0.2) is 8.78 Å². The topological polar surface area (TPSA) is 66.7 Å². The van der Waals surface area contributed by atoms with Crippen LogP contribution in [0.4, 0.5) is 14.5 Å². The van der Waals surface area contributed by atoms with Crippen molar-refractivity contribution in [1.82, 2.24) is 0 Å². The molecule has 0 saturated heterocycles. The number of aliphatic carboxylic acids is 1. The van der Waals surface area contributed by atoms with Crippen molar-refractivity contribution in [3.8, 4) is 0 Å². The summed E-state index contributed by atoms with van der Waals surface area (Å²) in [6.45, 7) is 0. The van der Waals surface area contributed by atoms with Gasteiger partial charge in [-0.05, 0) is 24.8 Å². The molecule has 1 unspecified atom stereocenters. The number of carbonyl (C=O) groups is 2. The number of nitrogens with zero attached hydrogens (tertiary/aromatic N) is 1. The van der Waals surface area contributed by atoms with Crippen molar-refractivity contribution < 1.29 is 23.5 Å². The van der Waals surface area contributed by atoms with Gasteiger partial charge >= 0.3 is 5.97 Å². The van der Waals surface area contributed by atoms with Gasteiger partial charge in [0.2, 0.25) is 0 Å². The molecule has 4 nitrogen and oxygen atoms in total. The minimum Gasteiger partial charge on any atom is -0.480 e. The predicted octanol–water partition coefficient (Wildman–Crippen LogP) is 2.34. The lowest BCUT2D eigenvalue weighted by Gasteiger charge is -2.21. The zero-order valence-corrected chi connectivity index (χ0v) is 9.69. The molecule has 3 rings (SSSR count). The highest BCUT2D eigenvalue weighted by molar-refractivity contribution is 6.28. The number of carbonyl (C=O) groups excluding carboxylic acids is 1. The second-order valence-electron chi connectivity index (χ2n) is 4.73. The molecular formula is C13H9F2NO3. The first-order valence-corrected chi connectivity index (χ1v) is 5.83. The average molecular weight is 265 g/mol. The van der Waals surface area contributed by atoms with E-state index in [1.807, 2.05) is 0 Å². The molecular weight excluding hydrogens is 256 g/mol. The van der Waals surface area contributed by atoms with E-state index in [4.69, 9.17) is 5.11 Å². The number of aliphatic imine (C=N–C) groups is 1. The third-order valence-electron chi connectivity index (χ3n) is 3.34. The molecule has 1 atom stereocenters. The van der Waals surface area contributed by atoms with Gasteiger partial charge in [0.05, 0.1) is 5.56 Å². The normalized spacial score (nSPS) is 21.9. The van der Waals surface area contributed by atoms with Gasteiger partial charge in [0, 0.05) is 11.8 Å². The number of Topliss-reactive ketones (excluding diaryl/α,β-unsaturated/α-hetero) is 1. The van der Waals surface area contributed by atoms with Gasteiger partial charge in [-0.3, -0.25) is 14.6 Å². The number of benzene rings is 1. The highest BCUT2D eigenvalue weighted by Gasteiger charge is 2.44. The fraction of sp³-hybridized carbons (Fsp3) is 0.308. The van der Waals surface area contributed by atoms with Crippen LogP contribution in [0.1, 0.15) is 23.2 Å². The Bertz CT molecular complexity index is 635. The first-order chi connectivity index (χ1) is 8.99. The SMILES string of the molecule is O=C(O)C1C(=O)c2cc(F)cc(F)c2N=C1C1CC1. The minimum absolute atomic E-state index is 0.0809. The van der Waals surface area contributed by atoms with Gasteiger partial charge in [-0.1, -0.05) is 0 Å². The van der Waals surface area contributed by atoms with E-state index in [-0.39, 0.29) is 22.9 Å². The van der Waals surface area contributed by atoms with Gasteiger partial charge in [0.25, 0.3) is 0 Å². The largest absolute Gasteiger partial charge is 0.480 e. The molecule has 19 heavy (non-hydrogen) atoms. The molecule has 0 radical (unpaired) electrons. The van der Waals surface area contributed by atoms with Crippen molar-refractivity contribution >= 4 is 23.2 Å². The molecule has 1 saturated carbocycles. The molecule has 1 N–H and O–H groups in total. The van der Waals surface area contributed by atoms with Crippen LogP contribution in [-0.4, -0.2) is 22.6 Å². The molecule has 1 aromatic carbocycles. The van der Waals surface area contributed by atoms with Crippen LogP contribution in [0.15, 0.2) is 17.1 Å². The van der Waals surface area contributed by atoms with E-state index in [0.29, 0.717) is 6.07 Å². The molecule has 1 aliphatic heterocycles. The Morgan fingerprint density at radius 1 is 1.32 bits per heavy atom. The zero-order chi connectivity index (χ0) is 13.7. The summed E-state index contributed by atoms with van der Waals surface area (Å²) in [5, 5.41) is 9.13. The number of ketones is 1. The molecule has 1 aliphatic carbocycles.